The molecule has 1 N–H and O–H groups in total. The van der Waals surface area contributed by atoms with Crippen LogP contribution in [-0.4, -0.2) is 11.6 Å². The van der Waals surface area contributed by atoms with Gasteiger partial charge in [-0.2, -0.15) is 5.10 Å². The highest BCUT2D eigenvalue weighted by Gasteiger charge is 2.09. The van der Waals surface area contributed by atoms with Gasteiger partial charge in [-0.3, -0.25) is 4.79 Å². The molecule has 0 atom stereocenters. The van der Waals surface area contributed by atoms with Crippen molar-refractivity contribution in [3.63, 3.8) is 0 Å². The van der Waals surface area contributed by atoms with Gasteiger partial charge in [-0.15, -0.1) is 0 Å². The van der Waals surface area contributed by atoms with E-state index >= 15 is 0 Å². The summed E-state index contributed by atoms with van der Waals surface area (Å²) in [5.74, 6) is 0.0322. The van der Waals surface area contributed by atoms with Gasteiger partial charge in [-0.05, 0) is 37.8 Å². The minimum absolute atomic E-state index is 0.274. The summed E-state index contributed by atoms with van der Waals surface area (Å²) in [4.78, 5) is 11.6. The maximum absolute atomic E-state index is 11.6. The fourth-order valence-electron chi connectivity index (χ4n) is 2.02. The van der Waals surface area contributed by atoms with Crippen LogP contribution in [0.3, 0.4) is 0 Å². The molecule has 0 aliphatic heterocycles. The number of nitrogens with zero attached hydrogens (tertiary/aromatic N) is 1. The van der Waals surface area contributed by atoms with Crippen molar-refractivity contribution in [1.29, 1.82) is 0 Å². The average Bonchev–Trinajstić information content (AvgIpc) is 2.80. The second kappa shape index (κ2) is 6.23. The molecule has 4 nitrogen and oxygen atoms in total. The Bertz CT molecular complexity index is 372. The fraction of sp³-hybridized carbons (Fsp3) is 0.538. The second-order valence-electron chi connectivity index (χ2n) is 4.36. The lowest BCUT2D eigenvalue weighted by molar-refractivity contribution is 0.0927. The minimum Gasteiger partial charge on any atom is -0.459 e. The van der Waals surface area contributed by atoms with E-state index < -0.39 is 0 Å². The summed E-state index contributed by atoms with van der Waals surface area (Å²) in [6.07, 6.45) is 9.70. The van der Waals surface area contributed by atoms with Gasteiger partial charge in [0.15, 0.2) is 5.76 Å². The third kappa shape index (κ3) is 3.73. The monoisotopic (exact) mass is 234 g/mol. The van der Waals surface area contributed by atoms with Crippen molar-refractivity contribution >= 4 is 11.6 Å². The van der Waals surface area contributed by atoms with Gasteiger partial charge in [0.2, 0.25) is 0 Å². The number of nitrogens with one attached hydrogen (secondary N) is 1. The number of rotatable bonds is 2. The van der Waals surface area contributed by atoms with Crippen LogP contribution in [0.5, 0.6) is 0 Å². The highest BCUT2D eigenvalue weighted by atomic mass is 16.3. The standard InChI is InChI=1S/C13H18N2O2/c16-13(12-9-6-10-17-12)15-14-11-7-4-2-1-3-5-8-11/h6,9-10H,1-5,7-8H2,(H,15,16). The van der Waals surface area contributed by atoms with Crippen LogP contribution in [0, 0.1) is 0 Å². The van der Waals surface area contributed by atoms with Crippen molar-refractivity contribution in [1.82, 2.24) is 5.43 Å². The second-order valence-corrected chi connectivity index (χ2v) is 4.36. The van der Waals surface area contributed by atoms with Crippen molar-refractivity contribution in [2.75, 3.05) is 0 Å². The van der Waals surface area contributed by atoms with Gasteiger partial charge < -0.3 is 4.42 Å². The van der Waals surface area contributed by atoms with Crippen molar-refractivity contribution in [3.8, 4) is 0 Å². The zero-order valence-corrected chi connectivity index (χ0v) is 9.95. The predicted molar refractivity (Wildman–Crippen MR) is 65.9 cm³/mol. The fourth-order valence-corrected chi connectivity index (χ4v) is 2.02. The van der Waals surface area contributed by atoms with E-state index in [1.165, 1.54) is 38.4 Å². The molecular formula is C13H18N2O2. The third-order valence-electron chi connectivity index (χ3n) is 2.99. The van der Waals surface area contributed by atoms with Crippen LogP contribution in [-0.2, 0) is 0 Å². The van der Waals surface area contributed by atoms with Gasteiger partial charge >= 0.3 is 5.91 Å². The van der Waals surface area contributed by atoms with Crippen LogP contribution >= 0.6 is 0 Å². The van der Waals surface area contributed by atoms with Crippen molar-refractivity contribution < 1.29 is 9.21 Å². The number of amides is 1. The van der Waals surface area contributed by atoms with Crippen LogP contribution in [0.25, 0.3) is 0 Å². The Morgan fingerprint density at radius 1 is 1.18 bits per heavy atom. The molecule has 0 radical (unpaired) electrons. The Labute approximate surface area is 101 Å². The van der Waals surface area contributed by atoms with Crippen LogP contribution in [0.1, 0.15) is 55.5 Å². The van der Waals surface area contributed by atoms with E-state index in [2.05, 4.69) is 10.5 Å². The average molecular weight is 234 g/mol. The summed E-state index contributed by atoms with van der Waals surface area (Å²) in [5.41, 5.74) is 3.66. The molecule has 0 saturated heterocycles. The molecule has 0 unspecified atom stereocenters. The van der Waals surface area contributed by atoms with Gasteiger partial charge in [-0.1, -0.05) is 19.3 Å². The molecule has 0 aromatic carbocycles. The Hall–Kier alpha value is -1.58. The number of carbonyl (C=O) groups is 1. The summed E-state index contributed by atoms with van der Waals surface area (Å²) in [7, 11) is 0. The summed E-state index contributed by atoms with van der Waals surface area (Å²) >= 11 is 0. The lowest BCUT2D eigenvalue weighted by Gasteiger charge is -2.10. The van der Waals surface area contributed by atoms with Gasteiger partial charge in [0.25, 0.3) is 0 Å². The maximum Gasteiger partial charge on any atom is 0.307 e. The minimum atomic E-state index is -0.274. The molecule has 92 valence electrons. The van der Waals surface area contributed by atoms with Gasteiger partial charge in [-0.25, -0.2) is 5.43 Å². The Kier molecular flexibility index (Phi) is 4.36. The predicted octanol–water partition coefficient (Wildman–Crippen LogP) is 3.11. The van der Waals surface area contributed by atoms with E-state index in [0.29, 0.717) is 5.76 Å². The van der Waals surface area contributed by atoms with E-state index in [9.17, 15) is 4.79 Å². The molecule has 0 bridgehead atoms. The van der Waals surface area contributed by atoms with Crippen molar-refractivity contribution in [2.45, 2.75) is 44.9 Å². The topological polar surface area (TPSA) is 54.6 Å². The Balaban J connectivity index is 1.87. The van der Waals surface area contributed by atoms with Crippen molar-refractivity contribution in [2.24, 2.45) is 5.10 Å². The van der Waals surface area contributed by atoms with E-state index in [1.807, 2.05) is 0 Å². The zero-order chi connectivity index (χ0) is 11.9. The van der Waals surface area contributed by atoms with E-state index in [0.717, 1.165) is 18.6 Å². The quantitative estimate of drug-likeness (QED) is 0.799. The summed E-state index contributed by atoms with van der Waals surface area (Å²) in [6.45, 7) is 0. The molecule has 1 aromatic rings. The van der Waals surface area contributed by atoms with Gasteiger partial charge in [0.1, 0.15) is 0 Å². The molecule has 1 amide bonds. The maximum atomic E-state index is 11.6. The van der Waals surface area contributed by atoms with Crippen molar-refractivity contribution in [3.05, 3.63) is 24.2 Å². The largest absolute Gasteiger partial charge is 0.459 e. The molecule has 1 saturated carbocycles. The summed E-state index contributed by atoms with van der Waals surface area (Å²) in [5, 5.41) is 4.20. The first-order chi connectivity index (χ1) is 8.36. The highest BCUT2D eigenvalue weighted by molar-refractivity contribution is 5.93. The summed E-state index contributed by atoms with van der Waals surface area (Å²) < 4.78 is 5.00. The molecule has 17 heavy (non-hydrogen) atoms. The molecule has 1 fully saturated rings. The first kappa shape index (κ1) is 11.9. The number of hydrogen-bond donors (Lipinski definition) is 1. The van der Waals surface area contributed by atoms with E-state index in [1.54, 1.807) is 12.1 Å². The highest BCUT2D eigenvalue weighted by Crippen LogP contribution is 2.14. The normalized spacial score (nSPS) is 17.1. The molecule has 4 heteroatoms. The first-order valence-corrected chi connectivity index (χ1v) is 6.25. The third-order valence-corrected chi connectivity index (χ3v) is 2.99. The molecular weight excluding hydrogens is 216 g/mol. The number of hydrogen-bond acceptors (Lipinski definition) is 3. The molecule has 1 aromatic heterocycles. The lowest BCUT2D eigenvalue weighted by atomic mass is 9.99. The van der Waals surface area contributed by atoms with Crippen LogP contribution in [0.2, 0.25) is 0 Å². The first-order valence-electron chi connectivity index (χ1n) is 6.25. The van der Waals surface area contributed by atoms with Gasteiger partial charge in [0.05, 0.1) is 6.26 Å². The van der Waals surface area contributed by atoms with Crippen LogP contribution in [0.15, 0.2) is 27.9 Å². The molecule has 1 aliphatic carbocycles. The molecule has 0 spiro atoms. The van der Waals surface area contributed by atoms with Gasteiger partial charge in [0, 0.05) is 5.71 Å². The number of furan rings is 1. The van der Waals surface area contributed by atoms with Crippen LogP contribution in [0.4, 0.5) is 0 Å². The number of carbonyl (C=O) groups excluding carboxylic acids is 1. The van der Waals surface area contributed by atoms with Crippen LogP contribution < -0.4 is 5.43 Å². The lowest BCUT2D eigenvalue weighted by Crippen LogP contribution is -2.19. The SMILES string of the molecule is O=C(NN=C1CCCCCCC1)c1ccco1. The Morgan fingerprint density at radius 2 is 1.88 bits per heavy atom. The Morgan fingerprint density at radius 3 is 2.53 bits per heavy atom. The van der Waals surface area contributed by atoms with E-state index in [4.69, 9.17) is 4.42 Å². The molecule has 2 rings (SSSR count). The molecule has 1 aliphatic rings. The molecule has 1 heterocycles. The van der Waals surface area contributed by atoms with E-state index in [-0.39, 0.29) is 5.91 Å². The smallest absolute Gasteiger partial charge is 0.307 e. The zero-order valence-electron chi connectivity index (χ0n) is 9.95. The number of hydrazone groups is 1. The summed E-state index contributed by atoms with van der Waals surface area (Å²) in [6, 6.07) is 3.32.